The number of phenolic OH excluding ortho intramolecular Hbond substituents is 1. The van der Waals surface area contributed by atoms with Gasteiger partial charge < -0.3 is 24.3 Å². The van der Waals surface area contributed by atoms with Crippen molar-refractivity contribution in [3.63, 3.8) is 0 Å². The first kappa shape index (κ1) is 22.4. The van der Waals surface area contributed by atoms with Crippen molar-refractivity contribution in [2.24, 2.45) is 0 Å². The maximum absolute atomic E-state index is 10.4. The highest BCUT2D eigenvalue weighted by Crippen LogP contribution is 2.33. The van der Waals surface area contributed by atoms with E-state index in [9.17, 15) is 9.90 Å². The van der Waals surface area contributed by atoms with Gasteiger partial charge in [0.15, 0.2) is 11.5 Å². The minimum atomic E-state index is -0.135. The van der Waals surface area contributed by atoms with Crippen LogP contribution in [0, 0.1) is 0 Å². The number of carbonyl (C=O) groups excluding carboxylic acids is 1. The first-order chi connectivity index (χ1) is 15.0. The van der Waals surface area contributed by atoms with Crippen LogP contribution in [0.4, 0.5) is 11.5 Å². The molecule has 8 nitrogen and oxygen atoms in total. The molecule has 0 amide bonds. The fraction of sp³-hybridized carbons (Fsp3) is 0.227. The number of benzene rings is 2. The number of hydrogen-bond donors (Lipinski definition) is 2. The minimum absolute atomic E-state index is 0.0446. The number of anilines is 2. The molecule has 0 aliphatic rings. The Balaban J connectivity index is 0.000000293. The fourth-order valence-corrected chi connectivity index (χ4v) is 3.15. The summed E-state index contributed by atoms with van der Waals surface area (Å²) in [5.41, 5.74) is 2.38. The van der Waals surface area contributed by atoms with E-state index in [0.717, 1.165) is 16.7 Å². The fourth-order valence-electron chi connectivity index (χ4n) is 2.83. The Hall–Kier alpha value is -3.33. The topological polar surface area (TPSA) is 107 Å². The lowest BCUT2D eigenvalue weighted by atomic mass is 10.2. The van der Waals surface area contributed by atoms with Crippen molar-refractivity contribution in [2.45, 2.75) is 13.3 Å². The summed E-state index contributed by atoms with van der Waals surface area (Å²) in [4.78, 5) is 18.9. The number of rotatable bonds is 6. The highest BCUT2D eigenvalue weighted by molar-refractivity contribution is 9.09. The maximum atomic E-state index is 10.4. The number of hydrogen-bond acceptors (Lipinski definition) is 8. The number of esters is 1. The van der Waals surface area contributed by atoms with Gasteiger partial charge in [0.05, 0.1) is 31.9 Å². The van der Waals surface area contributed by atoms with Crippen LogP contribution in [-0.4, -0.2) is 40.1 Å². The summed E-state index contributed by atoms with van der Waals surface area (Å²) in [5.74, 6) is 0.894. The van der Waals surface area contributed by atoms with Crippen molar-refractivity contribution in [3.05, 3.63) is 49.0 Å². The molecule has 2 N–H and O–H groups in total. The Morgan fingerprint density at radius 2 is 2.06 bits per heavy atom. The Kier molecular flexibility index (Phi) is 7.66. The van der Waals surface area contributed by atoms with E-state index in [0.29, 0.717) is 40.8 Å². The molecule has 0 bridgehead atoms. The molecule has 0 aliphatic carbocycles. The summed E-state index contributed by atoms with van der Waals surface area (Å²) in [6, 6.07) is 10.9. The Bertz CT molecular complexity index is 1170. The number of nitrogens with zero attached hydrogens (tertiary/aromatic N) is 2. The second kappa shape index (κ2) is 10.6. The molecule has 0 aliphatic heterocycles. The summed E-state index contributed by atoms with van der Waals surface area (Å²) >= 11 is 3.12. The highest BCUT2D eigenvalue weighted by Gasteiger charge is 2.10. The molecule has 4 aromatic rings. The largest absolute Gasteiger partial charge is 0.504 e. The normalized spacial score (nSPS) is 10.4. The standard InChI is InChI=1S/C17H13N3O3.C5H9BrO2/c1-22-16-8-13-12(7-14(16)21)17(19-9-18-13)20-11-2-3-15-10(6-11)4-5-23-15;1-2-8-5(7)3-4-6/h2-9,21H,1H3,(H,18,19,20);2-4H2,1H3. The van der Waals surface area contributed by atoms with Gasteiger partial charge >= 0.3 is 5.97 Å². The third-order valence-electron chi connectivity index (χ3n) is 4.26. The number of aromatic hydroxyl groups is 1. The first-order valence-electron chi connectivity index (χ1n) is 9.53. The van der Waals surface area contributed by atoms with Crippen LogP contribution in [0.15, 0.2) is 53.4 Å². The van der Waals surface area contributed by atoms with Crippen molar-refractivity contribution in [3.8, 4) is 11.5 Å². The van der Waals surface area contributed by atoms with Crippen LogP contribution in [0.2, 0.25) is 0 Å². The van der Waals surface area contributed by atoms with E-state index in [-0.39, 0.29) is 11.7 Å². The number of aromatic nitrogens is 2. The van der Waals surface area contributed by atoms with E-state index in [4.69, 9.17) is 9.15 Å². The second-order valence-corrected chi connectivity index (χ2v) is 7.10. The van der Waals surface area contributed by atoms with Crippen LogP contribution >= 0.6 is 15.9 Å². The lowest BCUT2D eigenvalue weighted by Gasteiger charge is -2.10. The smallest absolute Gasteiger partial charge is 0.306 e. The number of carbonyl (C=O) groups is 1. The quantitative estimate of drug-likeness (QED) is 0.283. The van der Waals surface area contributed by atoms with Gasteiger partial charge in [-0.3, -0.25) is 4.79 Å². The summed E-state index contributed by atoms with van der Waals surface area (Å²) in [7, 11) is 1.50. The van der Waals surface area contributed by atoms with Gasteiger partial charge in [0, 0.05) is 27.9 Å². The molecule has 0 spiro atoms. The lowest BCUT2D eigenvalue weighted by molar-refractivity contribution is -0.142. The monoisotopic (exact) mass is 487 g/mol. The molecule has 2 heterocycles. The lowest BCUT2D eigenvalue weighted by Crippen LogP contribution is -2.03. The number of ether oxygens (including phenoxy) is 2. The summed E-state index contributed by atoms with van der Waals surface area (Å²) in [6.45, 7) is 2.28. The number of fused-ring (bicyclic) bond motifs is 2. The van der Waals surface area contributed by atoms with Gasteiger partial charge in [0.1, 0.15) is 17.7 Å². The van der Waals surface area contributed by atoms with E-state index in [1.807, 2.05) is 24.3 Å². The average molecular weight is 488 g/mol. The summed E-state index contributed by atoms with van der Waals surface area (Å²) in [6.07, 6.45) is 3.59. The Morgan fingerprint density at radius 3 is 2.81 bits per heavy atom. The molecule has 4 rings (SSSR count). The van der Waals surface area contributed by atoms with Gasteiger partial charge in [-0.05, 0) is 37.3 Å². The van der Waals surface area contributed by atoms with Gasteiger partial charge in [-0.15, -0.1) is 0 Å². The predicted octanol–water partition coefficient (Wildman–Crippen LogP) is 5.17. The van der Waals surface area contributed by atoms with Crippen molar-refractivity contribution >= 4 is 55.3 Å². The molecule has 0 atom stereocenters. The molecule has 31 heavy (non-hydrogen) atoms. The number of methoxy groups -OCH3 is 1. The van der Waals surface area contributed by atoms with Crippen LogP contribution in [0.3, 0.4) is 0 Å². The molecule has 2 aromatic heterocycles. The third-order valence-corrected chi connectivity index (χ3v) is 4.65. The van der Waals surface area contributed by atoms with E-state index >= 15 is 0 Å². The molecule has 0 unspecified atom stereocenters. The van der Waals surface area contributed by atoms with Gasteiger partial charge in [-0.2, -0.15) is 0 Å². The van der Waals surface area contributed by atoms with Crippen LogP contribution in [-0.2, 0) is 9.53 Å². The summed E-state index contributed by atoms with van der Waals surface area (Å²) in [5, 5.41) is 15.6. The SMILES string of the molecule is CCOC(=O)CCBr.COc1cc2ncnc(Nc3ccc4occc4c3)c2cc1O. The van der Waals surface area contributed by atoms with Crippen molar-refractivity contribution in [1.29, 1.82) is 0 Å². The third kappa shape index (κ3) is 5.64. The van der Waals surface area contributed by atoms with Crippen LogP contribution in [0.1, 0.15) is 13.3 Å². The van der Waals surface area contributed by atoms with Crippen LogP contribution < -0.4 is 10.1 Å². The molecular weight excluding hydrogens is 466 g/mol. The second-order valence-electron chi connectivity index (χ2n) is 6.31. The van der Waals surface area contributed by atoms with Gasteiger partial charge in [-0.1, -0.05) is 15.9 Å². The van der Waals surface area contributed by atoms with E-state index < -0.39 is 0 Å². The molecule has 0 radical (unpaired) electrons. The average Bonchev–Trinajstić information content (AvgIpc) is 3.22. The predicted molar refractivity (Wildman–Crippen MR) is 122 cm³/mol. The number of nitrogens with one attached hydrogen (secondary N) is 1. The zero-order chi connectivity index (χ0) is 22.2. The zero-order valence-electron chi connectivity index (χ0n) is 17.1. The van der Waals surface area contributed by atoms with Crippen LogP contribution in [0.5, 0.6) is 11.5 Å². The highest BCUT2D eigenvalue weighted by atomic mass is 79.9. The van der Waals surface area contributed by atoms with Crippen LogP contribution in [0.25, 0.3) is 21.9 Å². The van der Waals surface area contributed by atoms with E-state index in [1.165, 1.54) is 13.4 Å². The van der Waals surface area contributed by atoms with Gasteiger partial charge in [-0.25, -0.2) is 9.97 Å². The molecule has 162 valence electrons. The Labute approximate surface area is 187 Å². The number of phenols is 1. The Morgan fingerprint density at radius 1 is 1.23 bits per heavy atom. The number of furan rings is 1. The van der Waals surface area contributed by atoms with E-state index in [2.05, 4.69) is 36.0 Å². The van der Waals surface area contributed by atoms with Crippen molar-refractivity contribution < 1.29 is 23.8 Å². The molecule has 2 aromatic carbocycles. The first-order valence-corrected chi connectivity index (χ1v) is 10.7. The number of alkyl halides is 1. The molecule has 0 saturated heterocycles. The number of halogens is 1. The van der Waals surface area contributed by atoms with Gasteiger partial charge in [0.25, 0.3) is 0 Å². The van der Waals surface area contributed by atoms with Crippen molar-refractivity contribution in [1.82, 2.24) is 9.97 Å². The van der Waals surface area contributed by atoms with Gasteiger partial charge in [0.2, 0.25) is 0 Å². The summed E-state index contributed by atoms with van der Waals surface area (Å²) < 4.78 is 15.1. The maximum Gasteiger partial charge on any atom is 0.306 e. The zero-order valence-corrected chi connectivity index (χ0v) is 18.7. The van der Waals surface area contributed by atoms with Crippen molar-refractivity contribution in [2.75, 3.05) is 24.4 Å². The van der Waals surface area contributed by atoms with E-state index in [1.54, 1.807) is 25.3 Å². The molecule has 0 saturated carbocycles. The molecule has 9 heteroatoms. The molecule has 0 fully saturated rings. The minimum Gasteiger partial charge on any atom is -0.504 e. The molecular formula is C22H22BrN3O5.